The van der Waals surface area contributed by atoms with E-state index in [0.29, 0.717) is 11.4 Å². The van der Waals surface area contributed by atoms with Gasteiger partial charge in [0.2, 0.25) is 0 Å². The summed E-state index contributed by atoms with van der Waals surface area (Å²) < 4.78 is 45.4. The lowest BCUT2D eigenvalue weighted by Crippen LogP contribution is -2.14. The quantitative estimate of drug-likeness (QED) is 0.806. The van der Waals surface area contributed by atoms with E-state index in [2.05, 4.69) is 20.7 Å². The highest BCUT2D eigenvalue weighted by molar-refractivity contribution is 9.10. The normalized spacial score (nSPS) is 11.2. The summed E-state index contributed by atoms with van der Waals surface area (Å²) in [5.41, 5.74) is 5.49. The monoisotopic (exact) mass is 374 g/mol. The topological polar surface area (TPSA) is 81.4 Å². The van der Waals surface area contributed by atoms with Gasteiger partial charge >= 0.3 is 0 Å². The summed E-state index contributed by atoms with van der Waals surface area (Å²) in [5.74, 6) is -0.185. The van der Waals surface area contributed by atoms with Gasteiger partial charge in [0.1, 0.15) is 16.5 Å². The summed E-state index contributed by atoms with van der Waals surface area (Å²) in [4.78, 5) is -0.149. The fraction of sp³-hybridized carbons (Fsp3) is 0.0769. The minimum absolute atomic E-state index is 0.0876. The minimum atomic E-state index is -3.91. The van der Waals surface area contributed by atoms with Crippen LogP contribution in [0.1, 0.15) is 0 Å². The molecular formula is C13H12BrFN2O3S. The Bertz CT molecular complexity index is 781. The zero-order valence-electron chi connectivity index (χ0n) is 10.9. The molecule has 112 valence electrons. The van der Waals surface area contributed by atoms with Crippen LogP contribution in [-0.2, 0) is 10.0 Å². The van der Waals surface area contributed by atoms with Crippen molar-refractivity contribution >= 4 is 37.3 Å². The summed E-state index contributed by atoms with van der Waals surface area (Å²) >= 11 is 3.02. The van der Waals surface area contributed by atoms with Crippen molar-refractivity contribution in [2.75, 3.05) is 17.6 Å². The Morgan fingerprint density at radius 2 is 2.00 bits per heavy atom. The van der Waals surface area contributed by atoms with Gasteiger partial charge in [-0.05, 0) is 40.2 Å². The van der Waals surface area contributed by atoms with Crippen molar-refractivity contribution in [3.8, 4) is 5.75 Å². The summed E-state index contributed by atoms with van der Waals surface area (Å²) in [6.07, 6.45) is 0. The number of rotatable bonds is 4. The number of nitrogens with one attached hydrogen (secondary N) is 1. The van der Waals surface area contributed by atoms with Crippen molar-refractivity contribution in [3.05, 3.63) is 46.7 Å². The maximum Gasteiger partial charge on any atom is 0.263 e. The predicted octanol–water partition coefficient (Wildman–Crippen LogP) is 2.98. The molecule has 0 atom stereocenters. The van der Waals surface area contributed by atoms with E-state index in [1.54, 1.807) is 18.2 Å². The number of ether oxygens (including phenoxy) is 1. The lowest BCUT2D eigenvalue weighted by atomic mass is 10.3. The van der Waals surface area contributed by atoms with E-state index in [1.165, 1.54) is 13.2 Å². The Kier molecular flexibility index (Phi) is 4.38. The summed E-state index contributed by atoms with van der Waals surface area (Å²) in [7, 11) is -2.43. The highest BCUT2D eigenvalue weighted by Crippen LogP contribution is 2.29. The standard InChI is InChI=1S/C13H12BrFN2O3S/c1-20-9-4-2-3-8(5-9)17-21(18,19)13-7-12(16)11(15)6-10(13)14/h2-7,17H,16H2,1H3. The van der Waals surface area contributed by atoms with Crippen LogP contribution < -0.4 is 15.2 Å². The highest BCUT2D eigenvalue weighted by atomic mass is 79.9. The van der Waals surface area contributed by atoms with E-state index in [4.69, 9.17) is 10.5 Å². The van der Waals surface area contributed by atoms with Gasteiger partial charge in [0.15, 0.2) is 0 Å². The molecule has 2 rings (SSSR count). The third-order valence-electron chi connectivity index (χ3n) is 2.66. The number of sulfonamides is 1. The molecule has 0 fully saturated rings. The van der Waals surface area contributed by atoms with Gasteiger partial charge in [-0.2, -0.15) is 0 Å². The third kappa shape index (κ3) is 3.45. The number of hydrogen-bond donors (Lipinski definition) is 2. The molecule has 0 aliphatic rings. The van der Waals surface area contributed by atoms with E-state index in [0.717, 1.165) is 12.1 Å². The van der Waals surface area contributed by atoms with Crippen molar-refractivity contribution in [3.63, 3.8) is 0 Å². The van der Waals surface area contributed by atoms with Gasteiger partial charge in [-0.15, -0.1) is 0 Å². The van der Waals surface area contributed by atoms with Gasteiger partial charge in [-0.25, -0.2) is 12.8 Å². The summed E-state index contributed by atoms with van der Waals surface area (Å²) in [6.45, 7) is 0. The average molecular weight is 375 g/mol. The second-order valence-electron chi connectivity index (χ2n) is 4.14. The fourth-order valence-electron chi connectivity index (χ4n) is 1.65. The molecule has 21 heavy (non-hydrogen) atoms. The number of nitrogens with two attached hydrogens (primary N) is 1. The van der Waals surface area contributed by atoms with Gasteiger partial charge < -0.3 is 10.5 Å². The second-order valence-corrected chi connectivity index (χ2v) is 6.65. The Balaban J connectivity index is 2.40. The second kappa shape index (κ2) is 5.90. The molecule has 8 heteroatoms. The van der Waals surface area contributed by atoms with Crippen LogP contribution in [0.25, 0.3) is 0 Å². The Labute approximate surface area is 130 Å². The van der Waals surface area contributed by atoms with Gasteiger partial charge in [-0.3, -0.25) is 4.72 Å². The largest absolute Gasteiger partial charge is 0.497 e. The van der Waals surface area contributed by atoms with Crippen LogP contribution >= 0.6 is 15.9 Å². The summed E-state index contributed by atoms with van der Waals surface area (Å²) in [6, 6.07) is 8.49. The molecule has 0 radical (unpaired) electrons. The molecule has 3 N–H and O–H groups in total. The number of nitrogen functional groups attached to an aromatic ring is 1. The van der Waals surface area contributed by atoms with Crippen LogP contribution in [0.3, 0.4) is 0 Å². The molecule has 0 aliphatic heterocycles. The molecule has 0 saturated carbocycles. The van der Waals surface area contributed by atoms with Crippen LogP contribution in [0.2, 0.25) is 0 Å². The molecular weight excluding hydrogens is 363 g/mol. The maximum absolute atomic E-state index is 13.3. The fourth-order valence-corrected chi connectivity index (χ4v) is 3.75. The third-order valence-corrected chi connectivity index (χ3v) is 5.00. The molecule has 0 aliphatic carbocycles. The molecule has 2 aromatic rings. The lowest BCUT2D eigenvalue weighted by Gasteiger charge is -2.11. The zero-order valence-corrected chi connectivity index (χ0v) is 13.3. The first kappa shape index (κ1) is 15.6. The summed E-state index contributed by atoms with van der Waals surface area (Å²) in [5, 5.41) is 0. The van der Waals surface area contributed by atoms with Crippen molar-refractivity contribution in [2.45, 2.75) is 4.90 Å². The van der Waals surface area contributed by atoms with Gasteiger partial charge in [0.05, 0.1) is 18.5 Å². The van der Waals surface area contributed by atoms with Gasteiger partial charge in [-0.1, -0.05) is 6.07 Å². The first-order valence-corrected chi connectivity index (χ1v) is 8.02. The molecule has 0 unspecified atom stereocenters. The molecule has 5 nitrogen and oxygen atoms in total. The van der Waals surface area contributed by atoms with Crippen molar-refractivity contribution in [1.29, 1.82) is 0 Å². The number of halogens is 2. The smallest absolute Gasteiger partial charge is 0.263 e. The van der Waals surface area contributed by atoms with E-state index in [-0.39, 0.29) is 15.1 Å². The number of anilines is 2. The highest BCUT2D eigenvalue weighted by Gasteiger charge is 2.20. The molecule has 0 bridgehead atoms. The van der Waals surface area contributed by atoms with Crippen molar-refractivity contribution in [1.82, 2.24) is 0 Å². The molecule has 0 spiro atoms. The SMILES string of the molecule is COc1cccc(NS(=O)(=O)c2cc(N)c(F)cc2Br)c1. The Morgan fingerprint density at radius 1 is 1.29 bits per heavy atom. The Hall–Kier alpha value is -1.80. The van der Waals surface area contributed by atoms with Gasteiger partial charge in [0.25, 0.3) is 10.0 Å². The average Bonchev–Trinajstić information content (AvgIpc) is 2.42. The van der Waals surface area contributed by atoms with Gasteiger partial charge in [0, 0.05) is 10.5 Å². The molecule has 0 amide bonds. The van der Waals surface area contributed by atoms with E-state index in [1.807, 2.05) is 0 Å². The first-order valence-electron chi connectivity index (χ1n) is 5.75. The van der Waals surface area contributed by atoms with Crippen LogP contribution in [0, 0.1) is 5.82 Å². The van der Waals surface area contributed by atoms with E-state index >= 15 is 0 Å². The van der Waals surface area contributed by atoms with Crippen LogP contribution in [0.5, 0.6) is 5.75 Å². The maximum atomic E-state index is 13.3. The van der Waals surface area contributed by atoms with Crippen LogP contribution in [0.4, 0.5) is 15.8 Å². The molecule has 2 aromatic carbocycles. The molecule has 0 aromatic heterocycles. The van der Waals surface area contributed by atoms with Crippen LogP contribution in [0.15, 0.2) is 45.8 Å². The van der Waals surface area contributed by atoms with Crippen molar-refractivity contribution < 1.29 is 17.5 Å². The minimum Gasteiger partial charge on any atom is -0.497 e. The lowest BCUT2D eigenvalue weighted by molar-refractivity contribution is 0.415. The Morgan fingerprint density at radius 3 is 2.67 bits per heavy atom. The van der Waals surface area contributed by atoms with E-state index < -0.39 is 15.8 Å². The number of methoxy groups -OCH3 is 1. The zero-order chi connectivity index (χ0) is 15.6. The number of benzene rings is 2. The molecule has 0 saturated heterocycles. The van der Waals surface area contributed by atoms with E-state index in [9.17, 15) is 12.8 Å². The number of hydrogen-bond acceptors (Lipinski definition) is 4. The van der Waals surface area contributed by atoms with Crippen LogP contribution in [-0.4, -0.2) is 15.5 Å². The first-order chi connectivity index (χ1) is 9.83. The van der Waals surface area contributed by atoms with Crippen molar-refractivity contribution in [2.24, 2.45) is 0 Å². The molecule has 0 heterocycles. The predicted molar refractivity (Wildman–Crippen MR) is 82.3 cm³/mol.